The fourth-order valence-electron chi connectivity index (χ4n) is 3.79. The molecule has 0 unspecified atom stereocenters. The van der Waals surface area contributed by atoms with Crippen molar-refractivity contribution < 1.29 is 4.79 Å². The molecule has 2 aromatic heterocycles. The number of nitriles is 1. The van der Waals surface area contributed by atoms with E-state index in [-0.39, 0.29) is 5.91 Å². The minimum atomic E-state index is -0.240. The molecule has 0 saturated heterocycles. The lowest BCUT2D eigenvalue weighted by atomic mass is 10.1. The van der Waals surface area contributed by atoms with Gasteiger partial charge in [0.05, 0.1) is 17.1 Å². The van der Waals surface area contributed by atoms with Gasteiger partial charge in [-0.2, -0.15) is 5.26 Å². The maximum atomic E-state index is 13.0. The first kappa shape index (κ1) is 22.4. The molecule has 0 radical (unpaired) electrons. The molecule has 0 fully saturated rings. The number of carbonyl (C=O) groups is 1. The van der Waals surface area contributed by atoms with Crippen LogP contribution < -0.4 is 21.7 Å². The van der Waals surface area contributed by atoms with Gasteiger partial charge in [0.15, 0.2) is 0 Å². The third-order valence-electron chi connectivity index (χ3n) is 5.46. The minimum Gasteiger partial charge on any atom is -0.384 e. The molecule has 36 heavy (non-hydrogen) atoms. The van der Waals surface area contributed by atoms with E-state index >= 15 is 0 Å². The highest BCUT2D eigenvalue weighted by Crippen LogP contribution is 2.27. The highest BCUT2D eigenvalue weighted by molar-refractivity contribution is 6.05. The Hall–Kier alpha value is -5.42. The van der Waals surface area contributed by atoms with Crippen LogP contribution in [0.3, 0.4) is 0 Å². The summed E-state index contributed by atoms with van der Waals surface area (Å²) in [5.41, 5.74) is 11.4. The van der Waals surface area contributed by atoms with Crippen molar-refractivity contribution in [2.45, 2.75) is 0 Å². The van der Waals surface area contributed by atoms with Gasteiger partial charge in [-0.3, -0.25) is 9.78 Å². The smallest absolute Gasteiger partial charge is 0.255 e. The lowest BCUT2D eigenvalue weighted by molar-refractivity contribution is 0.102. The van der Waals surface area contributed by atoms with Gasteiger partial charge in [-0.05, 0) is 66.7 Å². The van der Waals surface area contributed by atoms with Crippen molar-refractivity contribution in [1.82, 2.24) is 9.97 Å². The molecular weight excluding hydrogens is 450 g/mol. The van der Waals surface area contributed by atoms with Gasteiger partial charge in [0.2, 0.25) is 0 Å². The molecule has 5 aromatic rings. The zero-order valence-corrected chi connectivity index (χ0v) is 19.1. The number of aromatic nitrogens is 2. The van der Waals surface area contributed by atoms with Crippen LogP contribution in [-0.2, 0) is 0 Å². The molecule has 8 heteroatoms. The molecule has 0 aliphatic carbocycles. The van der Waals surface area contributed by atoms with Crippen LogP contribution in [0.15, 0.2) is 97.3 Å². The predicted molar refractivity (Wildman–Crippen MR) is 143 cm³/mol. The SMILES string of the molecule is N#Cc1ccc2nccc(Nc3cccc(C(=O)Nc4cccc(Nc5ccnc(N)c5)c4)c3)c2c1. The summed E-state index contributed by atoms with van der Waals surface area (Å²) >= 11 is 0. The number of nitrogen functional groups attached to an aromatic ring is 1. The first-order chi connectivity index (χ1) is 17.6. The van der Waals surface area contributed by atoms with Crippen LogP contribution in [0.1, 0.15) is 15.9 Å². The number of amides is 1. The van der Waals surface area contributed by atoms with Crippen LogP contribution in [0, 0.1) is 11.3 Å². The Balaban J connectivity index is 1.33. The van der Waals surface area contributed by atoms with Gasteiger partial charge >= 0.3 is 0 Å². The second kappa shape index (κ2) is 9.83. The zero-order valence-electron chi connectivity index (χ0n) is 19.1. The van der Waals surface area contributed by atoms with Crippen molar-refractivity contribution in [3.63, 3.8) is 0 Å². The first-order valence-electron chi connectivity index (χ1n) is 11.1. The van der Waals surface area contributed by atoms with E-state index in [1.807, 2.05) is 54.6 Å². The Morgan fingerprint density at radius 3 is 2.36 bits per heavy atom. The van der Waals surface area contributed by atoms with Crippen LogP contribution in [0.25, 0.3) is 10.9 Å². The number of rotatable bonds is 6. The third kappa shape index (κ3) is 5.05. The number of hydrogen-bond acceptors (Lipinski definition) is 7. The van der Waals surface area contributed by atoms with E-state index in [4.69, 9.17) is 5.73 Å². The van der Waals surface area contributed by atoms with E-state index in [1.165, 1.54) is 0 Å². The second-order valence-corrected chi connectivity index (χ2v) is 8.04. The number of anilines is 6. The average Bonchev–Trinajstić information content (AvgIpc) is 2.89. The number of carbonyl (C=O) groups excluding carboxylic acids is 1. The van der Waals surface area contributed by atoms with E-state index < -0.39 is 0 Å². The van der Waals surface area contributed by atoms with Gasteiger partial charge in [0, 0.05) is 57.8 Å². The maximum Gasteiger partial charge on any atom is 0.255 e. The molecule has 0 aliphatic heterocycles. The van der Waals surface area contributed by atoms with Crippen molar-refractivity contribution in [2.24, 2.45) is 0 Å². The molecule has 5 rings (SSSR count). The molecule has 0 atom stereocenters. The van der Waals surface area contributed by atoms with E-state index in [2.05, 4.69) is 32.0 Å². The highest BCUT2D eigenvalue weighted by Gasteiger charge is 2.09. The van der Waals surface area contributed by atoms with E-state index in [0.29, 0.717) is 22.6 Å². The number of pyridine rings is 2. The van der Waals surface area contributed by atoms with Crippen molar-refractivity contribution in [3.05, 3.63) is 108 Å². The maximum absolute atomic E-state index is 13.0. The monoisotopic (exact) mass is 471 g/mol. The molecule has 0 bridgehead atoms. The summed E-state index contributed by atoms with van der Waals surface area (Å²) in [5.74, 6) is 0.179. The van der Waals surface area contributed by atoms with Crippen molar-refractivity contribution >= 4 is 51.1 Å². The fourth-order valence-corrected chi connectivity index (χ4v) is 3.79. The number of nitrogens with one attached hydrogen (secondary N) is 3. The lowest BCUT2D eigenvalue weighted by Crippen LogP contribution is -2.12. The van der Waals surface area contributed by atoms with Gasteiger partial charge in [-0.1, -0.05) is 12.1 Å². The highest BCUT2D eigenvalue weighted by atomic mass is 16.1. The van der Waals surface area contributed by atoms with Gasteiger partial charge in [0.25, 0.3) is 5.91 Å². The summed E-state index contributed by atoms with van der Waals surface area (Å²) in [7, 11) is 0. The Morgan fingerprint density at radius 1 is 0.778 bits per heavy atom. The van der Waals surface area contributed by atoms with E-state index in [1.54, 1.807) is 42.7 Å². The van der Waals surface area contributed by atoms with Crippen LogP contribution in [0.4, 0.5) is 34.3 Å². The average molecular weight is 472 g/mol. The Morgan fingerprint density at radius 2 is 1.53 bits per heavy atom. The molecule has 0 spiro atoms. The quantitative estimate of drug-likeness (QED) is 0.245. The molecule has 0 saturated carbocycles. The Labute approximate surface area is 207 Å². The first-order valence-corrected chi connectivity index (χ1v) is 11.1. The largest absolute Gasteiger partial charge is 0.384 e. The lowest BCUT2D eigenvalue weighted by Gasteiger charge is -2.12. The van der Waals surface area contributed by atoms with Crippen LogP contribution in [-0.4, -0.2) is 15.9 Å². The summed E-state index contributed by atoms with van der Waals surface area (Å²) in [6.45, 7) is 0. The second-order valence-electron chi connectivity index (χ2n) is 8.04. The molecule has 0 aliphatic rings. The molecular formula is C28H21N7O. The van der Waals surface area contributed by atoms with Crippen molar-refractivity contribution in [3.8, 4) is 6.07 Å². The minimum absolute atomic E-state index is 0.240. The third-order valence-corrected chi connectivity index (χ3v) is 5.46. The number of nitrogens with zero attached hydrogens (tertiary/aromatic N) is 3. The predicted octanol–water partition coefficient (Wildman–Crippen LogP) is 5.82. The van der Waals surface area contributed by atoms with Crippen molar-refractivity contribution in [2.75, 3.05) is 21.7 Å². The van der Waals surface area contributed by atoms with Crippen LogP contribution in [0.5, 0.6) is 0 Å². The standard InChI is InChI=1S/C28H21N7O/c29-17-18-7-8-25-24(13-18)26(10-12-31-25)34-20-4-1-3-19(14-20)28(36)35-22-6-2-5-21(15-22)33-23-9-11-32-27(30)16-23/h1-16H,(H,31,34)(H,35,36)(H3,30,32,33). The Bertz CT molecular complexity index is 1620. The fraction of sp³-hybridized carbons (Fsp3) is 0. The molecule has 174 valence electrons. The van der Waals surface area contributed by atoms with E-state index in [0.717, 1.165) is 33.7 Å². The Kier molecular flexibility index (Phi) is 6.11. The van der Waals surface area contributed by atoms with Crippen LogP contribution >= 0.6 is 0 Å². The molecule has 8 nitrogen and oxygen atoms in total. The molecule has 5 N–H and O–H groups in total. The van der Waals surface area contributed by atoms with Gasteiger partial charge in [-0.25, -0.2) is 4.98 Å². The number of benzene rings is 3. The topological polar surface area (TPSA) is 129 Å². The van der Waals surface area contributed by atoms with Gasteiger partial charge < -0.3 is 21.7 Å². The van der Waals surface area contributed by atoms with Crippen LogP contribution in [0.2, 0.25) is 0 Å². The van der Waals surface area contributed by atoms with E-state index in [9.17, 15) is 10.1 Å². The summed E-state index contributed by atoms with van der Waals surface area (Å²) in [4.78, 5) is 21.3. The molecule has 2 heterocycles. The molecule has 1 amide bonds. The molecule has 3 aromatic carbocycles. The summed E-state index contributed by atoms with van der Waals surface area (Å²) in [6, 6.07) is 27.5. The normalized spacial score (nSPS) is 10.4. The zero-order chi connectivity index (χ0) is 24.9. The number of fused-ring (bicyclic) bond motifs is 1. The van der Waals surface area contributed by atoms with Crippen molar-refractivity contribution in [1.29, 1.82) is 5.26 Å². The summed E-state index contributed by atoms with van der Waals surface area (Å²) in [5, 5.41) is 19.6. The number of hydrogen-bond donors (Lipinski definition) is 4. The summed E-state index contributed by atoms with van der Waals surface area (Å²) < 4.78 is 0. The summed E-state index contributed by atoms with van der Waals surface area (Å²) in [6.07, 6.45) is 3.33. The number of nitrogens with two attached hydrogens (primary N) is 1. The van der Waals surface area contributed by atoms with Gasteiger partial charge in [0.1, 0.15) is 5.82 Å². The van der Waals surface area contributed by atoms with Gasteiger partial charge in [-0.15, -0.1) is 0 Å².